The molecular formula is C22H21ClN6O2. The van der Waals surface area contributed by atoms with Crippen LogP contribution >= 0.6 is 11.6 Å². The predicted molar refractivity (Wildman–Crippen MR) is 124 cm³/mol. The van der Waals surface area contributed by atoms with Crippen molar-refractivity contribution in [2.45, 2.75) is 6.92 Å². The van der Waals surface area contributed by atoms with Crippen LogP contribution in [0.2, 0.25) is 5.02 Å². The molecule has 0 atom stereocenters. The molecule has 31 heavy (non-hydrogen) atoms. The molecule has 0 amide bonds. The van der Waals surface area contributed by atoms with Crippen LogP contribution in [0.5, 0.6) is 11.5 Å². The summed E-state index contributed by atoms with van der Waals surface area (Å²) in [5.41, 5.74) is 9.97. The van der Waals surface area contributed by atoms with Gasteiger partial charge >= 0.3 is 0 Å². The number of fused-ring (bicyclic) bond motifs is 1. The first-order chi connectivity index (χ1) is 15.0. The second-order valence-electron chi connectivity index (χ2n) is 6.75. The number of anilines is 5. The first-order valence-electron chi connectivity index (χ1n) is 9.42. The van der Waals surface area contributed by atoms with Gasteiger partial charge in [-0.2, -0.15) is 0 Å². The molecule has 4 rings (SSSR count). The first-order valence-corrected chi connectivity index (χ1v) is 9.80. The van der Waals surface area contributed by atoms with Crippen LogP contribution in [0.15, 0.2) is 48.8 Å². The van der Waals surface area contributed by atoms with Crippen molar-refractivity contribution in [3.05, 3.63) is 59.5 Å². The Hall–Kier alpha value is -3.78. The molecule has 9 heteroatoms. The van der Waals surface area contributed by atoms with Gasteiger partial charge in [0.15, 0.2) is 11.6 Å². The molecule has 2 aromatic heterocycles. The monoisotopic (exact) mass is 436 g/mol. The van der Waals surface area contributed by atoms with E-state index in [9.17, 15) is 0 Å². The maximum atomic E-state index is 6.37. The van der Waals surface area contributed by atoms with E-state index in [0.717, 1.165) is 22.3 Å². The van der Waals surface area contributed by atoms with E-state index in [2.05, 4.69) is 25.6 Å². The molecule has 0 bridgehead atoms. The van der Waals surface area contributed by atoms with Crippen LogP contribution in [0.4, 0.5) is 28.7 Å². The number of halogens is 1. The Morgan fingerprint density at radius 2 is 1.61 bits per heavy atom. The highest BCUT2D eigenvalue weighted by Gasteiger charge is 2.15. The standard InChI is InChI=1S/C22H21ClN6O2/c1-12-7-8-13-15(27-12)5-4-6-16(13)28-21-20(24)22(26-11-25-21)29-17-9-14(23)18(30-2)10-19(17)31-3/h4-11H,24H2,1-3H3,(H2,25,26,28,29). The molecule has 0 fully saturated rings. The highest BCUT2D eigenvalue weighted by molar-refractivity contribution is 6.32. The molecule has 158 valence electrons. The summed E-state index contributed by atoms with van der Waals surface area (Å²) >= 11 is 6.27. The highest BCUT2D eigenvalue weighted by Crippen LogP contribution is 2.38. The largest absolute Gasteiger partial charge is 0.495 e. The molecule has 8 nitrogen and oxygen atoms in total. The van der Waals surface area contributed by atoms with Crippen molar-refractivity contribution in [2.24, 2.45) is 0 Å². The summed E-state index contributed by atoms with van der Waals surface area (Å²) in [6.07, 6.45) is 1.42. The van der Waals surface area contributed by atoms with Crippen LogP contribution in [0.1, 0.15) is 5.69 Å². The fourth-order valence-electron chi connectivity index (χ4n) is 3.17. The number of methoxy groups -OCH3 is 2. The maximum Gasteiger partial charge on any atom is 0.159 e. The molecule has 2 heterocycles. The topological polar surface area (TPSA) is 107 Å². The number of benzene rings is 2. The minimum Gasteiger partial charge on any atom is -0.495 e. The molecule has 0 saturated carbocycles. The number of rotatable bonds is 6. The van der Waals surface area contributed by atoms with Crippen molar-refractivity contribution in [3.63, 3.8) is 0 Å². The fourth-order valence-corrected chi connectivity index (χ4v) is 3.41. The number of nitrogens with zero attached hydrogens (tertiary/aromatic N) is 3. The minimum absolute atomic E-state index is 0.341. The zero-order valence-corrected chi connectivity index (χ0v) is 18.0. The molecule has 0 aliphatic carbocycles. The summed E-state index contributed by atoms with van der Waals surface area (Å²) in [4.78, 5) is 13.1. The van der Waals surface area contributed by atoms with E-state index < -0.39 is 0 Å². The van der Waals surface area contributed by atoms with Crippen molar-refractivity contribution in [1.29, 1.82) is 0 Å². The summed E-state index contributed by atoms with van der Waals surface area (Å²) in [7, 11) is 3.10. The average molecular weight is 437 g/mol. The van der Waals surface area contributed by atoms with Gasteiger partial charge in [0.1, 0.15) is 23.5 Å². The molecule has 0 aliphatic heterocycles. The van der Waals surface area contributed by atoms with Gasteiger partial charge in [-0.1, -0.05) is 17.7 Å². The molecule has 2 aromatic carbocycles. The van der Waals surface area contributed by atoms with Crippen molar-refractivity contribution < 1.29 is 9.47 Å². The van der Waals surface area contributed by atoms with Gasteiger partial charge in [0, 0.05) is 22.8 Å². The number of nitrogens with one attached hydrogen (secondary N) is 2. The number of nitrogen functional groups attached to an aromatic ring is 1. The second-order valence-corrected chi connectivity index (χ2v) is 7.15. The van der Waals surface area contributed by atoms with E-state index in [1.807, 2.05) is 37.3 Å². The predicted octanol–water partition coefficient (Wildman–Crippen LogP) is 5.07. The smallest absolute Gasteiger partial charge is 0.159 e. The Bertz CT molecular complexity index is 1260. The van der Waals surface area contributed by atoms with Gasteiger partial charge in [0.25, 0.3) is 0 Å². The Kier molecular flexibility index (Phi) is 5.64. The zero-order chi connectivity index (χ0) is 22.0. The number of pyridine rings is 1. The summed E-state index contributed by atoms with van der Waals surface area (Å²) in [6, 6.07) is 13.2. The van der Waals surface area contributed by atoms with Gasteiger partial charge in [-0.15, -0.1) is 0 Å². The van der Waals surface area contributed by atoms with E-state index in [1.165, 1.54) is 13.4 Å². The van der Waals surface area contributed by atoms with Crippen LogP contribution in [0.3, 0.4) is 0 Å². The highest BCUT2D eigenvalue weighted by atomic mass is 35.5. The normalized spacial score (nSPS) is 10.7. The van der Waals surface area contributed by atoms with Crippen molar-refractivity contribution in [1.82, 2.24) is 15.0 Å². The Morgan fingerprint density at radius 1 is 0.903 bits per heavy atom. The summed E-state index contributed by atoms with van der Waals surface area (Å²) in [5.74, 6) is 1.90. The third-order valence-electron chi connectivity index (χ3n) is 4.74. The molecule has 4 N–H and O–H groups in total. The Labute approximate surface area is 184 Å². The lowest BCUT2D eigenvalue weighted by Crippen LogP contribution is -2.06. The summed E-state index contributed by atoms with van der Waals surface area (Å²) in [5, 5.41) is 7.84. The van der Waals surface area contributed by atoms with Gasteiger partial charge in [-0.05, 0) is 37.3 Å². The van der Waals surface area contributed by atoms with E-state index in [4.69, 9.17) is 26.8 Å². The van der Waals surface area contributed by atoms with Crippen LogP contribution in [0.25, 0.3) is 10.9 Å². The summed E-state index contributed by atoms with van der Waals surface area (Å²) in [6.45, 7) is 1.96. The number of nitrogens with two attached hydrogens (primary N) is 1. The third kappa shape index (κ3) is 4.10. The van der Waals surface area contributed by atoms with E-state index in [-0.39, 0.29) is 0 Å². The van der Waals surface area contributed by atoms with Crippen molar-refractivity contribution in [2.75, 3.05) is 30.6 Å². The van der Waals surface area contributed by atoms with Crippen LogP contribution in [0, 0.1) is 6.92 Å². The minimum atomic E-state index is 0.341. The third-order valence-corrected chi connectivity index (χ3v) is 5.03. The lowest BCUT2D eigenvalue weighted by atomic mass is 10.1. The van der Waals surface area contributed by atoms with Gasteiger partial charge < -0.3 is 25.8 Å². The Balaban J connectivity index is 1.68. The molecule has 4 aromatic rings. The maximum absolute atomic E-state index is 6.37. The van der Waals surface area contributed by atoms with Gasteiger partial charge in [0.2, 0.25) is 0 Å². The van der Waals surface area contributed by atoms with Gasteiger partial charge in [-0.25, -0.2) is 9.97 Å². The van der Waals surface area contributed by atoms with Gasteiger partial charge in [0.05, 0.1) is 30.4 Å². The molecular weight excluding hydrogens is 416 g/mol. The molecule has 0 radical (unpaired) electrons. The van der Waals surface area contributed by atoms with Crippen molar-refractivity contribution in [3.8, 4) is 11.5 Å². The zero-order valence-electron chi connectivity index (χ0n) is 17.2. The van der Waals surface area contributed by atoms with E-state index in [0.29, 0.717) is 39.5 Å². The van der Waals surface area contributed by atoms with E-state index in [1.54, 1.807) is 19.2 Å². The fraction of sp³-hybridized carbons (Fsp3) is 0.136. The second kappa shape index (κ2) is 8.53. The molecule has 0 saturated heterocycles. The van der Waals surface area contributed by atoms with Crippen LogP contribution < -0.4 is 25.8 Å². The molecule has 0 unspecified atom stereocenters. The molecule has 0 spiro atoms. The number of aromatic nitrogens is 3. The van der Waals surface area contributed by atoms with Crippen LogP contribution in [-0.4, -0.2) is 29.2 Å². The number of aryl methyl sites for hydroxylation is 1. The number of hydrogen-bond donors (Lipinski definition) is 3. The lowest BCUT2D eigenvalue weighted by molar-refractivity contribution is 0.396. The van der Waals surface area contributed by atoms with Gasteiger partial charge in [-0.3, -0.25) is 4.98 Å². The van der Waals surface area contributed by atoms with Crippen LogP contribution in [-0.2, 0) is 0 Å². The first kappa shape index (κ1) is 20.5. The Morgan fingerprint density at radius 3 is 2.32 bits per heavy atom. The van der Waals surface area contributed by atoms with Crippen molar-refractivity contribution >= 4 is 51.2 Å². The quantitative estimate of drug-likeness (QED) is 0.384. The summed E-state index contributed by atoms with van der Waals surface area (Å²) < 4.78 is 10.7. The molecule has 0 aliphatic rings. The SMILES string of the molecule is COc1cc(OC)c(Nc2ncnc(Nc3cccc4nc(C)ccc34)c2N)cc1Cl. The average Bonchev–Trinajstić information content (AvgIpc) is 2.76. The number of hydrogen-bond acceptors (Lipinski definition) is 8. The number of ether oxygens (including phenoxy) is 2. The van der Waals surface area contributed by atoms with E-state index >= 15 is 0 Å². The lowest BCUT2D eigenvalue weighted by Gasteiger charge is -2.16.